The number of halogens is 3. The van der Waals surface area contributed by atoms with Crippen molar-refractivity contribution in [3.8, 4) is 0 Å². The van der Waals surface area contributed by atoms with Gasteiger partial charge in [0.05, 0.1) is 17.3 Å². The summed E-state index contributed by atoms with van der Waals surface area (Å²) in [5, 5.41) is 16.4. The molecule has 2 amide bonds. The van der Waals surface area contributed by atoms with Crippen LogP contribution in [0.2, 0.25) is 0 Å². The summed E-state index contributed by atoms with van der Waals surface area (Å²) >= 11 is 0. The van der Waals surface area contributed by atoms with Crippen molar-refractivity contribution in [2.75, 3.05) is 19.6 Å². The Hall–Kier alpha value is -3.38. The number of quaternary nitrogens is 1. The van der Waals surface area contributed by atoms with Crippen LogP contribution >= 0.6 is 0 Å². The standard InChI is InChI=1S/C25H27F3N6O3/c1-14(2)34(21-16(12-31-34)10-24(11-19(21)35)5-7-29-8-6-24)23(37)15-3-4-18-17(9-15)20(33-32-18)22(36)30-13-25(26,27)28/h3-4,9,12,14,29H,5-8,10-11,13H2,1-2H3,(H-,30,32,33,36,37)/p+1. The number of nitrogens with one attached hydrogen (secondary N) is 3. The van der Waals surface area contributed by atoms with Gasteiger partial charge in [-0.25, -0.2) is 4.79 Å². The highest BCUT2D eigenvalue weighted by atomic mass is 19.4. The molecule has 1 aliphatic carbocycles. The lowest BCUT2D eigenvalue weighted by Crippen LogP contribution is -2.54. The maximum atomic E-state index is 14.1. The van der Waals surface area contributed by atoms with Gasteiger partial charge in [0.25, 0.3) is 5.91 Å². The number of allylic oxidation sites excluding steroid dienone is 2. The molecular formula is C25H28F3N6O3+. The lowest BCUT2D eigenvalue weighted by molar-refractivity contribution is -0.833. The molecule has 196 valence electrons. The summed E-state index contributed by atoms with van der Waals surface area (Å²) < 4.78 is 37.2. The van der Waals surface area contributed by atoms with Gasteiger partial charge in [0.1, 0.15) is 12.6 Å². The second kappa shape index (κ2) is 8.88. The van der Waals surface area contributed by atoms with Crippen molar-refractivity contribution in [3.05, 3.63) is 40.7 Å². The van der Waals surface area contributed by atoms with E-state index in [4.69, 9.17) is 0 Å². The minimum absolute atomic E-state index is 0.0840. The molecule has 3 N–H and O–H groups in total. The fourth-order valence-corrected chi connectivity index (χ4v) is 5.76. The summed E-state index contributed by atoms with van der Waals surface area (Å²) in [6, 6.07) is 4.10. The minimum Gasteiger partial charge on any atom is -0.342 e. The Labute approximate surface area is 210 Å². The number of nitrogens with zero attached hydrogens (tertiary/aromatic N) is 3. The molecule has 1 spiro atoms. The number of hydrogen-bond donors (Lipinski definition) is 3. The molecule has 0 bridgehead atoms. The third-order valence-electron chi connectivity index (χ3n) is 7.60. The van der Waals surface area contributed by atoms with Gasteiger partial charge >= 0.3 is 12.1 Å². The first-order chi connectivity index (χ1) is 17.5. The van der Waals surface area contributed by atoms with Crippen molar-refractivity contribution in [2.24, 2.45) is 10.5 Å². The van der Waals surface area contributed by atoms with Gasteiger partial charge in [-0.3, -0.25) is 14.7 Å². The van der Waals surface area contributed by atoms with Crippen LogP contribution in [0.25, 0.3) is 10.9 Å². The number of aromatic amines is 1. The molecule has 2 aromatic rings. The van der Waals surface area contributed by atoms with Crippen LogP contribution in [0.3, 0.4) is 0 Å². The van der Waals surface area contributed by atoms with E-state index in [0.29, 0.717) is 24.1 Å². The molecule has 0 radical (unpaired) electrons. The number of aromatic nitrogens is 2. The number of amides is 2. The number of alkyl halides is 3. The van der Waals surface area contributed by atoms with E-state index in [1.165, 1.54) is 18.2 Å². The van der Waals surface area contributed by atoms with Crippen LogP contribution in [-0.4, -0.2) is 70.5 Å². The molecule has 1 aromatic heterocycles. The largest absolute Gasteiger partial charge is 0.405 e. The average molecular weight is 518 g/mol. The maximum Gasteiger partial charge on any atom is 0.405 e. The lowest BCUT2D eigenvalue weighted by Gasteiger charge is -2.41. The first-order valence-corrected chi connectivity index (χ1v) is 12.3. The molecule has 1 saturated heterocycles. The SMILES string of the molecule is CC(C)[N+]1(C(=O)c2ccc3[nH]nc(C(=O)NCC(F)(F)F)c3c2)N=CC2=C1C(=O)CC1(CCNCC1)C2. The Morgan fingerprint density at radius 2 is 1.92 bits per heavy atom. The van der Waals surface area contributed by atoms with Gasteiger partial charge in [0.2, 0.25) is 11.5 Å². The van der Waals surface area contributed by atoms with E-state index in [2.05, 4.69) is 20.6 Å². The van der Waals surface area contributed by atoms with Gasteiger partial charge in [0, 0.05) is 17.4 Å². The molecule has 3 heterocycles. The summed E-state index contributed by atoms with van der Waals surface area (Å²) in [5.74, 6) is -1.55. The van der Waals surface area contributed by atoms with Gasteiger partial charge in [-0.2, -0.15) is 18.3 Å². The van der Waals surface area contributed by atoms with E-state index in [1.807, 2.05) is 13.8 Å². The van der Waals surface area contributed by atoms with E-state index in [-0.39, 0.29) is 27.8 Å². The second-order valence-corrected chi connectivity index (χ2v) is 10.4. The van der Waals surface area contributed by atoms with E-state index < -0.39 is 35.2 Å². The summed E-state index contributed by atoms with van der Waals surface area (Å²) in [4.78, 5) is 40.0. The fourth-order valence-electron chi connectivity index (χ4n) is 5.76. The van der Waals surface area contributed by atoms with Crippen molar-refractivity contribution in [1.29, 1.82) is 0 Å². The van der Waals surface area contributed by atoms with Gasteiger partial charge in [0.15, 0.2) is 5.69 Å². The number of ketones is 1. The number of Topliss-reactive ketones (excluding diaryl/α,β-unsaturated/α-hetero) is 1. The molecule has 1 aromatic carbocycles. The zero-order chi connectivity index (χ0) is 26.6. The molecule has 1 atom stereocenters. The number of carbonyl (C=O) groups is 3. The van der Waals surface area contributed by atoms with E-state index in [0.717, 1.165) is 31.5 Å². The highest BCUT2D eigenvalue weighted by molar-refractivity contribution is 6.09. The third kappa shape index (κ3) is 4.27. The topological polar surface area (TPSA) is 116 Å². The quantitative estimate of drug-likeness (QED) is 0.539. The first-order valence-electron chi connectivity index (χ1n) is 12.3. The predicted molar refractivity (Wildman–Crippen MR) is 129 cm³/mol. The number of H-pyrrole nitrogens is 1. The van der Waals surface area contributed by atoms with Crippen molar-refractivity contribution >= 4 is 34.7 Å². The number of fused-ring (bicyclic) bond motifs is 1. The van der Waals surface area contributed by atoms with Crippen LogP contribution in [0, 0.1) is 5.41 Å². The van der Waals surface area contributed by atoms with Crippen LogP contribution in [0.1, 0.15) is 60.4 Å². The second-order valence-electron chi connectivity index (χ2n) is 10.4. The minimum atomic E-state index is -4.57. The summed E-state index contributed by atoms with van der Waals surface area (Å²) in [5.41, 5.74) is 1.36. The smallest absolute Gasteiger partial charge is 0.342 e. The molecule has 1 fully saturated rings. The lowest BCUT2D eigenvalue weighted by atomic mass is 9.67. The number of rotatable bonds is 4. The highest BCUT2D eigenvalue weighted by Crippen LogP contribution is 2.49. The average Bonchev–Trinajstić information content (AvgIpc) is 3.44. The Morgan fingerprint density at radius 1 is 1.19 bits per heavy atom. The summed E-state index contributed by atoms with van der Waals surface area (Å²) in [7, 11) is 0. The Balaban J connectivity index is 1.51. The Bertz CT molecular complexity index is 1350. The van der Waals surface area contributed by atoms with Crippen molar-refractivity contribution in [3.63, 3.8) is 0 Å². The molecule has 5 rings (SSSR count). The molecule has 9 nitrogen and oxygen atoms in total. The number of carbonyl (C=O) groups excluding carboxylic acids is 3. The van der Waals surface area contributed by atoms with Crippen molar-refractivity contribution in [1.82, 2.24) is 20.8 Å². The van der Waals surface area contributed by atoms with E-state index in [1.54, 1.807) is 11.5 Å². The number of hydrogen-bond acceptors (Lipinski definition) is 6. The number of piperidine rings is 1. The third-order valence-corrected chi connectivity index (χ3v) is 7.60. The van der Waals surface area contributed by atoms with Crippen LogP contribution in [0.5, 0.6) is 0 Å². The number of benzene rings is 1. The van der Waals surface area contributed by atoms with E-state index >= 15 is 0 Å². The monoisotopic (exact) mass is 517 g/mol. The summed E-state index contributed by atoms with van der Waals surface area (Å²) in [6.07, 6.45) is -0.106. The van der Waals surface area contributed by atoms with Crippen LogP contribution in [0.15, 0.2) is 34.6 Å². The predicted octanol–water partition coefficient (Wildman–Crippen LogP) is 3.21. The molecule has 2 aliphatic heterocycles. The first kappa shape index (κ1) is 25.3. The zero-order valence-electron chi connectivity index (χ0n) is 20.5. The molecule has 37 heavy (non-hydrogen) atoms. The van der Waals surface area contributed by atoms with Crippen molar-refractivity contribution < 1.29 is 32.1 Å². The molecule has 3 aliphatic rings. The Kier molecular flexibility index (Phi) is 6.06. The highest BCUT2D eigenvalue weighted by Gasteiger charge is 2.57. The molecule has 12 heteroatoms. The molecular weight excluding hydrogens is 489 g/mol. The normalized spacial score (nSPS) is 23.2. The maximum absolute atomic E-state index is 14.1. The zero-order valence-corrected chi connectivity index (χ0v) is 20.5. The van der Waals surface area contributed by atoms with Crippen LogP contribution in [0.4, 0.5) is 13.2 Å². The van der Waals surface area contributed by atoms with Crippen molar-refractivity contribution in [2.45, 2.75) is 51.7 Å². The fraction of sp³-hybridized carbons (Fsp3) is 0.480. The van der Waals surface area contributed by atoms with Crippen LogP contribution < -0.4 is 10.6 Å². The van der Waals surface area contributed by atoms with E-state index in [9.17, 15) is 27.6 Å². The molecule has 1 unspecified atom stereocenters. The van der Waals surface area contributed by atoms with Crippen LogP contribution in [-0.2, 0) is 4.79 Å². The van der Waals surface area contributed by atoms with Gasteiger partial charge in [-0.15, -0.1) is 0 Å². The van der Waals surface area contributed by atoms with Gasteiger partial charge < -0.3 is 10.6 Å². The summed E-state index contributed by atoms with van der Waals surface area (Å²) in [6.45, 7) is 3.83. The van der Waals surface area contributed by atoms with Gasteiger partial charge in [-0.05, 0) is 69.8 Å². The van der Waals surface area contributed by atoms with Gasteiger partial charge in [-0.1, -0.05) is 9.69 Å². The molecule has 0 saturated carbocycles. The Morgan fingerprint density at radius 3 is 2.59 bits per heavy atom.